The molecule has 0 saturated carbocycles. The highest BCUT2D eigenvalue weighted by Crippen LogP contribution is 2.38. The van der Waals surface area contributed by atoms with Crippen LogP contribution in [-0.4, -0.2) is 29.8 Å². The van der Waals surface area contributed by atoms with Crippen LogP contribution in [0.25, 0.3) is 0 Å². The fourth-order valence-corrected chi connectivity index (χ4v) is 2.30. The molecule has 1 rings (SSSR count). The van der Waals surface area contributed by atoms with Gasteiger partial charge >= 0.3 is 0 Å². The van der Waals surface area contributed by atoms with E-state index in [-0.39, 0.29) is 18.3 Å². The molecule has 0 N–H and O–H groups in total. The molecule has 0 aromatic carbocycles. The Labute approximate surface area is 91.7 Å². The van der Waals surface area contributed by atoms with Crippen LogP contribution >= 0.6 is 0 Å². The molecule has 0 aliphatic carbocycles. The molecular weight excluding hydrogens is 193 g/mol. The van der Waals surface area contributed by atoms with Gasteiger partial charge < -0.3 is 0 Å². The van der Waals surface area contributed by atoms with E-state index in [1.54, 1.807) is 0 Å². The highest BCUT2D eigenvalue weighted by Gasteiger charge is 2.47. The predicted molar refractivity (Wildman–Crippen MR) is 59.4 cm³/mol. The molecule has 15 heavy (non-hydrogen) atoms. The van der Waals surface area contributed by atoms with E-state index in [9.17, 15) is 4.39 Å². The van der Waals surface area contributed by atoms with Gasteiger partial charge in [-0.25, -0.2) is 4.39 Å². The van der Waals surface area contributed by atoms with Crippen molar-refractivity contribution in [1.29, 1.82) is 0 Å². The second-order valence-electron chi connectivity index (χ2n) is 5.09. The number of hydrogen-bond acceptors (Lipinski definition) is 3. The molecular formula is C11H22FN3. The molecule has 3 nitrogen and oxygen atoms in total. The molecule has 1 unspecified atom stereocenters. The van der Waals surface area contributed by atoms with Gasteiger partial charge in [0, 0.05) is 0 Å². The Morgan fingerprint density at radius 1 is 1.33 bits per heavy atom. The van der Waals surface area contributed by atoms with Gasteiger partial charge in [-0.05, 0) is 18.8 Å². The molecule has 4 heteroatoms. The Hall–Kier alpha value is -0.670. The zero-order valence-electron chi connectivity index (χ0n) is 10.4. The molecule has 1 aliphatic rings. The summed E-state index contributed by atoms with van der Waals surface area (Å²) in [5.74, 6) is 0.845. The molecule has 0 fully saturated rings. The smallest absolute Gasteiger partial charge is 0.109 e. The molecule has 0 radical (unpaired) electrons. The monoisotopic (exact) mass is 215 g/mol. The largest absolute Gasteiger partial charge is 0.268 e. The van der Waals surface area contributed by atoms with Gasteiger partial charge in [-0.3, -0.25) is 5.01 Å². The Morgan fingerprint density at radius 2 is 1.93 bits per heavy atom. The minimum absolute atomic E-state index is 0.139. The van der Waals surface area contributed by atoms with Crippen molar-refractivity contribution in [2.45, 2.75) is 46.2 Å². The average Bonchev–Trinajstić information content (AvgIpc) is 2.46. The summed E-state index contributed by atoms with van der Waals surface area (Å²) in [4.78, 5) is 0. The van der Waals surface area contributed by atoms with E-state index >= 15 is 0 Å². The maximum absolute atomic E-state index is 12.4. The molecule has 88 valence electrons. The highest BCUT2D eigenvalue weighted by atomic mass is 19.1. The first kappa shape index (κ1) is 12.4. The minimum atomic E-state index is -0.369. The Kier molecular flexibility index (Phi) is 3.68. The van der Waals surface area contributed by atoms with Gasteiger partial charge in [0.15, 0.2) is 0 Å². The van der Waals surface area contributed by atoms with Crippen LogP contribution in [0.5, 0.6) is 0 Å². The van der Waals surface area contributed by atoms with Gasteiger partial charge in [-0.1, -0.05) is 32.9 Å². The summed E-state index contributed by atoms with van der Waals surface area (Å²) in [6.07, 6.45) is 0. The van der Waals surface area contributed by atoms with Crippen molar-refractivity contribution in [3.63, 3.8) is 0 Å². The lowest BCUT2D eigenvalue weighted by atomic mass is 9.77. The van der Waals surface area contributed by atoms with Gasteiger partial charge in [0.2, 0.25) is 0 Å². The van der Waals surface area contributed by atoms with Gasteiger partial charge in [0.25, 0.3) is 0 Å². The third-order valence-electron chi connectivity index (χ3n) is 3.54. The fraction of sp³-hybridized carbons (Fsp3) is 1.00. The van der Waals surface area contributed by atoms with Crippen LogP contribution < -0.4 is 0 Å². The summed E-state index contributed by atoms with van der Waals surface area (Å²) < 4.78 is 12.4. The van der Waals surface area contributed by atoms with Crippen molar-refractivity contribution >= 4 is 0 Å². The van der Waals surface area contributed by atoms with Crippen molar-refractivity contribution < 1.29 is 4.39 Å². The lowest BCUT2D eigenvalue weighted by Crippen LogP contribution is -2.54. The molecule has 0 spiro atoms. The maximum atomic E-state index is 12.4. The zero-order chi connectivity index (χ0) is 11.6. The van der Waals surface area contributed by atoms with Crippen molar-refractivity contribution in [2.75, 3.05) is 13.2 Å². The van der Waals surface area contributed by atoms with Gasteiger partial charge in [-0.2, -0.15) is 5.11 Å². The molecule has 0 bridgehead atoms. The minimum Gasteiger partial charge on any atom is -0.268 e. The summed E-state index contributed by atoms with van der Waals surface area (Å²) in [6.45, 7) is 10.7. The number of nitrogens with zero attached hydrogens (tertiary/aromatic N) is 3. The Balaban J connectivity index is 2.91. The Morgan fingerprint density at radius 3 is 2.33 bits per heavy atom. The van der Waals surface area contributed by atoms with Crippen LogP contribution in [0.1, 0.15) is 34.6 Å². The predicted octanol–water partition coefficient (Wildman–Crippen LogP) is 3.08. The van der Waals surface area contributed by atoms with Crippen molar-refractivity contribution in [2.24, 2.45) is 22.2 Å². The summed E-state index contributed by atoms with van der Waals surface area (Å²) in [7, 11) is 0. The highest BCUT2D eigenvalue weighted by molar-refractivity contribution is 5.02. The van der Waals surface area contributed by atoms with Gasteiger partial charge in [-0.15, -0.1) is 0 Å². The number of hydrogen-bond donors (Lipinski definition) is 0. The summed E-state index contributed by atoms with van der Waals surface area (Å²) in [6, 6.07) is 0.170. The molecule has 2 atom stereocenters. The number of alkyl halides is 1. The molecule has 0 aromatic heterocycles. The lowest BCUT2D eigenvalue weighted by Gasteiger charge is -2.41. The maximum Gasteiger partial charge on any atom is 0.109 e. The van der Waals surface area contributed by atoms with E-state index in [0.717, 1.165) is 0 Å². The molecule has 1 heterocycles. The van der Waals surface area contributed by atoms with Crippen LogP contribution in [0.15, 0.2) is 10.3 Å². The zero-order valence-corrected chi connectivity index (χ0v) is 10.4. The topological polar surface area (TPSA) is 28.0 Å². The van der Waals surface area contributed by atoms with Crippen LogP contribution in [0.2, 0.25) is 0 Å². The van der Waals surface area contributed by atoms with Crippen LogP contribution in [-0.2, 0) is 0 Å². The van der Waals surface area contributed by atoms with E-state index < -0.39 is 0 Å². The molecule has 0 aromatic rings. The van der Waals surface area contributed by atoms with Crippen molar-refractivity contribution in [3.05, 3.63) is 0 Å². The normalized spacial score (nSPS) is 30.9. The van der Waals surface area contributed by atoms with E-state index in [1.165, 1.54) is 0 Å². The van der Waals surface area contributed by atoms with E-state index in [0.29, 0.717) is 18.4 Å². The van der Waals surface area contributed by atoms with Gasteiger partial charge in [0.1, 0.15) is 6.67 Å². The van der Waals surface area contributed by atoms with Crippen LogP contribution in [0.3, 0.4) is 0 Å². The van der Waals surface area contributed by atoms with E-state index in [4.69, 9.17) is 0 Å². The van der Waals surface area contributed by atoms with Crippen molar-refractivity contribution in [1.82, 2.24) is 5.01 Å². The van der Waals surface area contributed by atoms with Crippen LogP contribution in [0, 0.1) is 11.8 Å². The Bertz CT molecular complexity index is 240. The molecule has 0 saturated heterocycles. The first-order chi connectivity index (χ1) is 6.94. The first-order valence-electron chi connectivity index (χ1n) is 5.69. The SMILES string of the molecule is CC(C)C1N=NN(CCF)[C@@]1(C)C(C)C. The molecule has 1 aliphatic heterocycles. The third-order valence-corrected chi connectivity index (χ3v) is 3.54. The van der Waals surface area contributed by atoms with Crippen molar-refractivity contribution in [3.8, 4) is 0 Å². The number of halogens is 1. The molecule has 0 amide bonds. The van der Waals surface area contributed by atoms with Crippen LogP contribution in [0.4, 0.5) is 4.39 Å². The third kappa shape index (κ3) is 1.99. The quantitative estimate of drug-likeness (QED) is 0.708. The second-order valence-corrected chi connectivity index (χ2v) is 5.09. The standard InChI is InChI=1S/C11H22FN3/c1-8(2)10-11(5,9(3)4)15(7-6-12)14-13-10/h8-10H,6-7H2,1-5H3/t10?,11-/m0/s1. The fourth-order valence-electron chi connectivity index (χ4n) is 2.30. The first-order valence-corrected chi connectivity index (χ1v) is 5.69. The number of rotatable bonds is 4. The summed E-state index contributed by atoms with van der Waals surface area (Å²) in [5, 5.41) is 10.2. The summed E-state index contributed by atoms with van der Waals surface area (Å²) >= 11 is 0. The second kappa shape index (κ2) is 4.45. The van der Waals surface area contributed by atoms with E-state index in [1.807, 2.05) is 5.01 Å². The summed E-state index contributed by atoms with van der Waals surface area (Å²) in [5.41, 5.74) is -0.139. The lowest BCUT2D eigenvalue weighted by molar-refractivity contribution is 0.0561. The van der Waals surface area contributed by atoms with E-state index in [2.05, 4.69) is 45.0 Å². The average molecular weight is 215 g/mol. The van der Waals surface area contributed by atoms with Gasteiger partial charge in [0.05, 0.1) is 18.1 Å².